The van der Waals surface area contributed by atoms with Gasteiger partial charge in [0.05, 0.1) is 0 Å². The fraction of sp³-hybridized carbons (Fsp3) is 0.105. The van der Waals surface area contributed by atoms with E-state index in [0.29, 0.717) is 5.56 Å². The van der Waals surface area contributed by atoms with E-state index in [-0.39, 0.29) is 6.61 Å². The zero-order valence-electron chi connectivity index (χ0n) is 11.9. The number of ether oxygens (including phenoxy) is 1. The standard InChI is InChI=1S/C19H15FO2/c20-18(19(21)22-13-14-7-2-1-3-8-14)17-12-6-10-15-9-4-5-11-16(15)17/h1-12,18H,13H2. The van der Waals surface area contributed by atoms with Crippen LogP contribution in [0.15, 0.2) is 72.8 Å². The maximum absolute atomic E-state index is 14.5. The van der Waals surface area contributed by atoms with Crippen LogP contribution in [0.2, 0.25) is 0 Å². The first-order valence-electron chi connectivity index (χ1n) is 7.08. The molecule has 3 heteroatoms. The molecule has 0 spiro atoms. The Balaban J connectivity index is 1.77. The summed E-state index contributed by atoms with van der Waals surface area (Å²) in [6.07, 6.45) is -1.78. The van der Waals surface area contributed by atoms with Gasteiger partial charge >= 0.3 is 5.97 Å². The van der Waals surface area contributed by atoms with E-state index >= 15 is 0 Å². The van der Waals surface area contributed by atoms with Crippen molar-refractivity contribution in [2.75, 3.05) is 0 Å². The van der Waals surface area contributed by atoms with Crippen molar-refractivity contribution < 1.29 is 13.9 Å². The van der Waals surface area contributed by atoms with E-state index in [2.05, 4.69) is 0 Å². The van der Waals surface area contributed by atoms with Gasteiger partial charge in [0, 0.05) is 5.56 Å². The van der Waals surface area contributed by atoms with E-state index in [4.69, 9.17) is 4.74 Å². The molecule has 3 aromatic rings. The molecule has 0 saturated heterocycles. The Morgan fingerprint density at radius 3 is 2.41 bits per heavy atom. The van der Waals surface area contributed by atoms with Crippen LogP contribution >= 0.6 is 0 Å². The van der Waals surface area contributed by atoms with Crippen LogP contribution in [0.1, 0.15) is 17.3 Å². The van der Waals surface area contributed by atoms with E-state index in [1.807, 2.05) is 60.7 Å². The molecule has 0 aliphatic heterocycles. The average Bonchev–Trinajstić information content (AvgIpc) is 2.59. The molecule has 0 saturated carbocycles. The number of fused-ring (bicyclic) bond motifs is 1. The van der Waals surface area contributed by atoms with Gasteiger partial charge in [0.25, 0.3) is 0 Å². The number of halogens is 1. The molecule has 0 bridgehead atoms. The molecule has 0 amide bonds. The fourth-order valence-electron chi connectivity index (χ4n) is 2.40. The normalized spacial score (nSPS) is 12.0. The summed E-state index contributed by atoms with van der Waals surface area (Å²) in [6.45, 7) is 0.0743. The zero-order chi connectivity index (χ0) is 15.4. The smallest absolute Gasteiger partial charge is 0.345 e. The van der Waals surface area contributed by atoms with Crippen LogP contribution in [0.3, 0.4) is 0 Å². The van der Waals surface area contributed by atoms with E-state index in [1.54, 1.807) is 12.1 Å². The highest BCUT2D eigenvalue weighted by atomic mass is 19.1. The van der Waals surface area contributed by atoms with Gasteiger partial charge in [0.15, 0.2) is 0 Å². The first-order valence-corrected chi connectivity index (χ1v) is 7.08. The molecular weight excluding hydrogens is 279 g/mol. The molecule has 22 heavy (non-hydrogen) atoms. The van der Waals surface area contributed by atoms with Gasteiger partial charge in [-0.25, -0.2) is 9.18 Å². The first kappa shape index (κ1) is 14.3. The summed E-state index contributed by atoms with van der Waals surface area (Å²) >= 11 is 0. The lowest BCUT2D eigenvalue weighted by atomic mass is 10.0. The van der Waals surface area contributed by atoms with Crippen LogP contribution < -0.4 is 0 Å². The highest BCUT2D eigenvalue weighted by Gasteiger charge is 2.23. The van der Waals surface area contributed by atoms with E-state index < -0.39 is 12.1 Å². The highest BCUT2D eigenvalue weighted by molar-refractivity contribution is 5.90. The Labute approximate surface area is 128 Å². The van der Waals surface area contributed by atoms with Crippen molar-refractivity contribution in [1.82, 2.24) is 0 Å². The molecule has 110 valence electrons. The Morgan fingerprint density at radius 1 is 0.909 bits per heavy atom. The second-order valence-electron chi connectivity index (χ2n) is 5.02. The van der Waals surface area contributed by atoms with Crippen molar-refractivity contribution in [3.63, 3.8) is 0 Å². The van der Waals surface area contributed by atoms with Crippen molar-refractivity contribution in [2.24, 2.45) is 0 Å². The Bertz CT molecular complexity index is 778. The van der Waals surface area contributed by atoms with Crippen LogP contribution in [-0.2, 0) is 16.1 Å². The van der Waals surface area contributed by atoms with Gasteiger partial charge in [-0.05, 0) is 16.3 Å². The molecule has 0 aromatic heterocycles. The minimum atomic E-state index is -1.78. The van der Waals surface area contributed by atoms with E-state index in [1.165, 1.54) is 0 Å². The largest absolute Gasteiger partial charge is 0.458 e. The monoisotopic (exact) mass is 294 g/mol. The molecule has 1 unspecified atom stereocenters. The van der Waals surface area contributed by atoms with Crippen molar-refractivity contribution in [1.29, 1.82) is 0 Å². The summed E-state index contributed by atoms with van der Waals surface area (Å²) in [6, 6.07) is 21.9. The number of esters is 1. The summed E-state index contributed by atoms with van der Waals surface area (Å²) in [7, 11) is 0. The number of hydrogen-bond donors (Lipinski definition) is 0. The van der Waals surface area contributed by atoms with Crippen LogP contribution in [0.5, 0.6) is 0 Å². The number of carbonyl (C=O) groups is 1. The van der Waals surface area contributed by atoms with Crippen LogP contribution in [0.4, 0.5) is 4.39 Å². The van der Waals surface area contributed by atoms with Gasteiger partial charge in [0.1, 0.15) is 6.61 Å². The third-order valence-corrected chi connectivity index (χ3v) is 3.53. The van der Waals surface area contributed by atoms with Gasteiger partial charge < -0.3 is 4.74 Å². The number of rotatable bonds is 4. The lowest BCUT2D eigenvalue weighted by molar-refractivity contribution is -0.151. The summed E-state index contributed by atoms with van der Waals surface area (Å²) in [5, 5.41) is 1.63. The molecule has 0 radical (unpaired) electrons. The molecular formula is C19H15FO2. The van der Waals surface area contributed by atoms with Gasteiger partial charge in [-0.2, -0.15) is 0 Å². The Morgan fingerprint density at radius 2 is 1.59 bits per heavy atom. The van der Waals surface area contributed by atoms with Gasteiger partial charge in [-0.3, -0.25) is 0 Å². The Hall–Kier alpha value is -2.68. The van der Waals surface area contributed by atoms with Crippen molar-refractivity contribution in [3.8, 4) is 0 Å². The number of hydrogen-bond acceptors (Lipinski definition) is 2. The molecule has 0 fully saturated rings. The average molecular weight is 294 g/mol. The maximum Gasteiger partial charge on any atom is 0.345 e. The highest BCUT2D eigenvalue weighted by Crippen LogP contribution is 2.27. The molecule has 0 N–H and O–H groups in total. The maximum atomic E-state index is 14.5. The third-order valence-electron chi connectivity index (χ3n) is 3.53. The van der Waals surface area contributed by atoms with Gasteiger partial charge in [0.2, 0.25) is 6.17 Å². The third kappa shape index (κ3) is 2.98. The van der Waals surface area contributed by atoms with Crippen LogP contribution in [0, 0.1) is 0 Å². The second kappa shape index (κ2) is 6.39. The summed E-state index contributed by atoms with van der Waals surface area (Å²) in [5.41, 5.74) is 1.18. The lowest BCUT2D eigenvalue weighted by Gasteiger charge is -2.11. The fourth-order valence-corrected chi connectivity index (χ4v) is 2.40. The molecule has 3 rings (SSSR count). The second-order valence-corrected chi connectivity index (χ2v) is 5.02. The minimum Gasteiger partial charge on any atom is -0.458 e. The minimum absolute atomic E-state index is 0.0743. The molecule has 0 aliphatic carbocycles. The SMILES string of the molecule is O=C(OCc1ccccc1)C(F)c1cccc2ccccc12. The summed E-state index contributed by atoms with van der Waals surface area (Å²) in [5.74, 6) is -0.861. The zero-order valence-corrected chi connectivity index (χ0v) is 11.9. The van der Waals surface area contributed by atoms with Crippen LogP contribution in [-0.4, -0.2) is 5.97 Å². The number of alkyl halides is 1. The summed E-state index contributed by atoms with van der Waals surface area (Å²) in [4.78, 5) is 12.0. The van der Waals surface area contributed by atoms with Gasteiger partial charge in [-0.15, -0.1) is 0 Å². The molecule has 0 heterocycles. The first-order chi connectivity index (χ1) is 10.8. The quantitative estimate of drug-likeness (QED) is 0.658. The topological polar surface area (TPSA) is 26.3 Å². The van der Waals surface area contributed by atoms with E-state index in [0.717, 1.165) is 16.3 Å². The molecule has 0 aliphatic rings. The predicted molar refractivity (Wildman–Crippen MR) is 84.0 cm³/mol. The van der Waals surface area contributed by atoms with Crippen molar-refractivity contribution >= 4 is 16.7 Å². The van der Waals surface area contributed by atoms with Crippen molar-refractivity contribution in [3.05, 3.63) is 83.9 Å². The number of benzene rings is 3. The van der Waals surface area contributed by atoms with Crippen molar-refractivity contribution in [2.45, 2.75) is 12.8 Å². The lowest BCUT2D eigenvalue weighted by Crippen LogP contribution is -2.12. The Kier molecular flexibility index (Phi) is 4.15. The van der Waals surface area contributed by atoms with Gasteiger partial charge in [-0.1, -0.05) is 72.8 Å². The summed E-state index contributed by atoms with van der Waals surface area (Å²) < 4.78 is 19.6. The van der Waals surface area contributed by atoms with Crippen LogP contribution in [0.25, 0.3) is 10.8 Å². The number of carbonyl (C=O) groups excluding carboxylic acids is 1. The molecule has 3 aromatic carbocycles. The van der Waals surface area contributed by atoms with E-state index in [9.17, 15) is 9.18 Å². The predicted octanol–water partition coefficient (Wildman–Crippen LogP) is 4.59. The molecule has 2 nitrogen and oxygen atoms in total. The molecule has 1 atom stereocenters.